The summed E-state index contributed by atoms with van der Waals surface area (Å²) in [5, 5.41) is 3.46. The average Bonchev–Trinajstić information content (AvgIpc) is 2.43. The zero-order chi connectivity index (χ0) is 15.2. The second-order valence-electron chi connectivity index (χ2n) is 7.03. The molecule has 1 aliphatic rings. The molecule has 0 amide bonds. The van der Waals surface area contributed by atoms with Crippen molar-refractivity contribution in [1.82, 2.24) is 10.3 Å². The van der Waals surface area contributed by atoms with Crippen molar-refractivity contribution in [3.63, 3.8) is 0 Å². The van der Waals surface area contributed by atoms with Gasteiger partial charge in [0.2, 0.25) is 5.88 Å². The van der Waals surface area contributed by atoms with Crippen LogP contribution in [0.15, 0.2) is 18.3 Å². The molecule has 3 unspecified atom stereocenters. The molecule has 0 aromatic carbocycles. The lowest BCUT2D eigenvalue weighted by atomic mass is 9.80. The smallest absolute Gasteiger partial charge is 0.213 e. The van der Waals surface area contributed by atoms with Gasteiger partial charge >= 0.3 is 0 Å². The van der Waals surface area contributed by atoms with Crippen LogP contribution in [0.2, 0.25) is 0 Å². The van der Waals surface area contributed by atoms with E-state index < -0.39 is 0 Å². The van der Waals surface area contributed by atoms with Crippen molar-refractivity contribution in [2.45, 2.75) is 59.6 Å². The highest BCUT2D eigenvalue weighted by molar-refractivity contribution is 5.20. The van der Waals surface area contributed by atoms with Crippen molar-refractivity contribution >= 4 is 0 Å². The van der Waals surface area contributed by atoms with Crippen LogP contribution in [0.1, 0.15) is 52.5 Å². The number of ether oxygens (including phenoxy) is 1. The number of nitrogens with zero attached hydrogens (tertiary/aromatic N) is 1. The first-order valence-electron chi connectivity index (χ1n) is 8.37. The highest BCUT2D eigenvalue weighted by Gasteiger charge is 2.25. The number of hydrogen-bond donors (Lipinski definition) is 1. The largest absolute Gasteiger partial charge is 0.474 e. The average molecular weight is 290 g/mol. The Morgan fingerprint density at radius 3 is 2.81 bits per heavy atom. The van der Waals surface area contributed by atoms with E-state index >= 15 is 0 Å². The molecule has 3 heteroatoms. The van der Waals surface area contributed by atoms with Gasteiger partial charge < -0.3 is 10.1 Å². The van der Waals surface area contributed by atoms with E-state index in [1.54, 1.807) is 0 Å². The first-order valence-corrected chi connectivity index (χ1v) is 8.37. The molecule has 0 bridgehead atoms. The Morgan fingerprint density at radius 2 is 2.10 bits per heavy atom. The molecule has 1 aromatic heterocycles. The van der Waals surface area contributed by atoms with Crippen molar-refractivity contribution in [3.8, 4) is 5.88 Å². The molecule has 0 aliphatic heterocycles. The van der Waals surface area contributed by atoms with Crippen molar-refractivity contribution in [2.75, 3.05) is 6.54 Å². The van der Waals surface area contributed by atoms with E-state index in [9.17, 15) is 0 Å². The van der Waals surface area contributed by atoms with Gasteiger partial charge in [-0.15, -0.1) is 0 Å². The summed E-state index contributed by atoms with van der Waals surface area (Å²) in [5.74, 6) is 3.03. The minimum Gasteiger partial charge on any atom is -0.474 e. The predicted octanol–water partition coefficient (Wildman–Crippen LogP) is 4.03. The van der Waals surface area contributed by atoms with Crippen LogP contribution in [0.4, 0.5) is 0 Å². The third-order valence-electron chi connectivity index (χ3n) is 4.52. The molecule has 1 saturated carbocycles. The molecular formula is C18H30N2O. The third-order valence-corrected chi connectivity index (χ3v) is 4.52. The normalized spacial score (nSPS) is 26.0. The fourth-order valence-corrected chi connectivity index (χ4v) is 2.91. The van der Waals surface area contributed by atoms with Gasteiger partial charge in [0.05, 0.1) is 0 Å². The van der Waals surface area contributed by atoms with E-state index in [0.717, 1.165) is 43.6 Å². The van der Waals surface area contributed by atoms with E-state index in [1.807, 2.05) is 6.20 Å². The summed E-state index contributed by atoms with van der Waals surface area (Å²) in [4.78, 5) is 4.37. The fraction of sp³-hybridized carbons (Fsp3) is 0.722. The highest BCUT2D eigenvalue weighted by atomic mass is 16.5. The van der Waals surface area contributed by atoms with Gasteiger partial charge in [-0.1, -0.05) is 27.7 Å². The number of hydrogen-bond acceptors (Lipinski definition) is 3. The summed E-state index contributed by atoms with van der Waals surface area (Å²) < 4.78 is 6.10. The maximum absolute atomic E-state index is 6.10. The zero-order valence-corrected chi connectivity index (χ0v) is 13.9. The SMILES string of the molecule is CC(C)CNCc1ccnc(OC2CCC(C)C(C)C2)c1. The lowest BCUT2D eigenvalue weighted by Gasteiger charge is -2.31. The minimum atomic E-state index is 0.336. The van der Waals surface area contributed by atoms with Crippen molar-refractivity contribution < 1.29 is 4.74 Å². The van der Waals surface area contributed by atoms with Gasteiger partial charge in [-0.2, -0.15) is 0 Å². The topological polar surface area (TPSA) is 34.2 Å². The lowest BCUT2D eigenvalue weighted by Crippen LogP contribution is -2.29. The van der Waals surface area contributed by atoms with Gasteiger partial charge in [0.15, 0.2) is 0 Å². The summed E-state index contributed by atoms with van der Waals surface area (Å²) in [7, 11) is 0. The van der Waals surface area contributed by atoms with Crippen molar-refractivity contribution in [2.24, 2.45) is 17.8 Å². The molecular weight excluding hydrogens is 260 g/mol. The van der Waals surface area contributed by atoms with Gasteiger partial charge in [-0.25, -0.2) is 4.98 Å². The molecule has 21 heavy (non-hydrogen) atoms. The maximum Gasteiger partial charge on any atom is 0.213 e. The Balaban J connectivity index is 1.86. The number of pyridine rings is 1. The molecule has 0 radical (unpaired) electrons. The molecule has 1 fully saturated rings. The molecule has 2 rings (SSSR count). The van der Waals surface area contributed by atoms with Crippen LogP contribution in [0.25, 0.3) is 0 Å². The molecule has 1 aliphatic carbocycles. The molecule has 1 N–H and O–H groups in total. The Labute approximate surface area is 129 Å². The Kier molecular flexibility index (Phi) is 6.04. The quantitative estimate of drug-likeness (QED) is 0.859. The molecule has 3 nitrogen and oxygen atoms in total. The van der Waals surface area contributed by atoms with Crippen LogP contribution in [0, 0.1) is 17.8 Å². The first kappa shape index (κ1) is 16.3. The van der Waals surface area contributed by atoms with Crippen LogP contribution in [-0.4, -0.2) is 17.6 Å². The van der Waals surface area contributed by atoms with Crippen LogP contribution < -0.4 is 10.1 Å². The van der Waals surface area contributed by atoms with E-state index in [4.69, 9.17) is 4.74 Å². The fourth-order valence-electron chi connectivity index (χ4n) is 2.91. The molecule has 118 valence electrons. The summed E-state index contributed by atoms with van der Waals surface area (Å²) in [5.41, 5.74) is 1.25. The predicted molar refractivity (Wildman–Crippen MR) is 87.4 cm³/mol. The van der Waals surface area contributed by atoms with Gasteiger partial charge in [0.25, 0.3) is 0 Å². The third kappa shape index (κ3) is 5.31. The standard InChI is InChI=1S/C18H30N2O/c1-13(2)11-19-12-16-7-8-20-18(10-16)21-17-6-5-14(3)15(4)9-17/h7-8,10,13-15,17,19H,5-6,9,11-12H2,1-4H3. The Bertz CT molecular complexity index is 433. The second kappa shape index (κ2) is 7.79. The van der Waals surface area contributed by atoms with E-state index in [1.165, 1.54) is 12.0 Å². The monoisotopic (exact) mass is 290 g/mol. The molecule has 0 saturated heterocycles. The van der Waals surface area contributed by atoms with Gasteiger partial charge in [0.1, 0.15) is 6.10 Å². The molecule has 0 spiro atoms. The summed E-state index contributed by atoms with van der Waals surface area (Å²) in [6.45, 7) is 11.0. The number of aromatic nitrogens is 1. The van der Waals surface area contributed by atoms with E-state index in [-0.39, 0.29) is 0 Å². The van der Waals surface area contributed by atoms with Gasteiger partial charge in [-0.3, -0.25) is 0 Å². The van der Waals surface area contributed by atoms with Crippen LogP contribution in [0.5, 0.6) is 5.88 Å². The van der Waals surface area contributed by atoms with E-state index in [0.29, 0.717) is 12.0 Å². The van der Waals surface area contributed by atoms with Crippen molar-refractivity contribution in [3.05, 3.63) is 23.9 Å². The lowest BCUT2D eigenvalue weighted by molar-refractivity contribution is 0.0964. The molecule has 1 aromatic rings. The van der Waals surface area contributed by atoms with Crippen LogP contribution in [0.3, 0.4) is 0 Å². The van der Waals surface area contributed by atoms with Gasteiger partial charge in [0, 0.05) is 18.8 Å². The minimum absolute atomic E-state index is 0.336. The summed E-state index contributed by atoms with van der Waals surface area (Å²) in [6.07, 6.45) is 5.77. The van der Waals surface area contributed by atoms with E-state index in [2.05, 4.69) is 50.1 Å². The Hall–Kier alpha value is -1.09. The van der Waals surface area contributed by atoms with Crippen molar-refractivity contribution in [1.29, 1.82) is 0 Å². The van der Waals surface area contributed by atoms with Crippen LogP contribution >= 0.6 is 0 Å². The van der Waals surface area contributed by atoms with Crippen LogP contribution in [-0.2, 0) is 6.54 Å². The molecule has 3 atom stereocenters. The highest BCUT2D eigenvalue weighted by Crippen LogP contribution is 2.31. The maximum atomic E-state index is 6.10. The summed E-state index contributed by atoms with van der Waals surface area (Å²) in [6, 6.07) is 4.14. The van der Waals surface area contributed by atoms with Gasteiger partial charge in [-0.05, 0) is 55.2 Å². The summed E-state index contributed by atoms with van der Waals surface area (Å²) >= 11 is 0. The second-order valence-corrected chi connectivity index (χ2v) is 7.03. The number of nitrogens with one attached hydrogen (secondary N) is 1. The molecule has 1 heterocycles. The Morgan fingerprint density at radius 1 is 1.29 bits per heavy atom. The first-order chi connectivity index (χ1) is 10.0. The number of rotatable bonds is 6. The zero-order valence-electron chi connectivity index (χ0n) is 13.9.